The number of halogens is 3. The van der Waals surface area contributed by atoms with E-state index in [4.69, 9.17) is 33.7 Å². The summed E-state index contributed by atoms with van der Waals surface area (Å²) in [5, 5.41) is 2.90. The number of imidazole rings is 1. The van der Waals surface area contributed by atoms with E-state index in [9.17, 15) is 0 Å². The molecule has 0 fully saturated rings. The summed E-state index contributed by atoms with van der Waals surface area (Å²) in [7, 11) is 0. The third-order valence-electron chi connectivity index (χ3n) is 2.70. The Morgan fingerprint density at radius 1 is 1.35 bits per heavy atom. The summed E-state index contributed by atoms with van der Waals surface area (Å²) >= 11 is 17.0. The minimum Gasteiger partial charge on any atom is -0.436 e. The number of benzene rings is 1. The Labute approximate surface area is 137 Å². The van der Waals surface area contributed by atoms with Crippen molar-refractivity contribution < 1.29 is 4.74 Å². The quantitative estimate of drug-likeness (QED) is 0.656. The van der Waals surface area contributed by atoms with Crippen molar-refractivity contribution in [2.75, 3.05) is 0 Å². The monoisotopic (exact) mass is 391 g/mol. The van der Waals surface area contributed by atoms with Gasteiger partial charge in [-0.05, 0) is 22.0 Å². The molecule has 0 radical (unpaired) electrons. The molecule has 1 aromatic carbocycles. The lowest BCUT2D eigenvalue weighted by molar-refractivity contribution is 0.459. The van der Waals surface area contributed by atoms with Crippen LogP contribution in [0.5, 0.6) is 11.6 Å². The van der Waals surface area contributed by atoms with Crippen molar-refractivity contribution in [3.63, 3.8) is 0 Å². The first-order chi connectivity index (χ1) is 9.60. The Morgan fingerprint density at radius 2 is 2.15 bits per heavy atom. The Bertz CT molecular complexity index is 786. The van der Waals surface area contributed by atoms with Crippen molar-refractivity contribution >= 4 is 55.4 Å². The van der Waals surface area contributed by atoms with Crippen LogP contribution in [0.15, 0.2) is 28.2 Å². The molecule has 0 atom stereocenters. The number of hydrogen-bond donors (Lipinski definition) is 1. The molecule has 0 aliphatic carbocycles. The maximum atomic E-state index is 6.14. The SMILES string of the molecule is NCc1c(Oc2cc(Cl)c(Br)cc2Cl)nc2sccn12. The van der Waals surface area contributed by atoms with Crippen LogP contribution < -0.4 is 10.5 Å². The number of ether oxygens (including phenoxy) is 1. The predicted molar refractivity (Wildman–Crippen MR) is 85.2 cm³/mol. The smallest absolute Gasteiger partial charge is 0.243 e. The van der Waals surface area contributed by atoms with E-state index >= 15 is 0 Å². The van der Waals surface area contributed by atoms with Gasteiger partial charge in [-0.15, -0.1) is 11.3 Å². The van der Waals surface area contributed by atoms with Crippen LogP contribution in [0.3, 0.4) is 0 Å². The Morgan fingerprint density at radius 3 is 2.90 bits per heavy atom. The fraction of sp³-hybridized carbons (Fsp3) is 0.0833. The van der Waals surface area contributed by atoms with Gasteiger partial charge in [-0.1, -0.05) is 23.2 Å². The average molecular weight is 393 g/mol. The lowest BCUT2D eigenvalue weighted by Crippen LogP contribution is -2.01. The molecule has 2 heterocycles. The van der Waals surface area contributed by atoms with Gasteiger partial charge < -0.3 is 10.5 Å². The highest BCUT2D eigenvalue weighted by Gasteiger charge is 2.16. The highest BCUT2D eigenvalue weighted by atomic mass is 79.9. The standard InChI is InChI=1S/C12H8BrCl2N3OS/c13-6-3-8(15)10(4-7(6)14)19-11-9(5-16)18-1-2-20-12(18)17-11/h1-4H,5,16H2. The van der Waals surface area contributed by atoms with E-state index in [0.29, 0.717) is 32.7 Å². The Hall–Kier alpha value is -0.790. The average Bonchev–Trinajstić information content (AvgIpc) is 2.96. The number of hydrogen-bond acceptors (Lipinski definition) is 4. The second kappa shape index (κ2) is 5.54. The van der Waals surface area contributed by atoms with E-state index < -0.39 is 0 Å². The fourth-order valence-electron chi connectivity index (χ4n) is 1.77. The van der Waals surface area contributed by atoms with Gasteiger partial charge in [0.15, 0.2) is 4.96 Å². The van der Waals surface area contributed by atoms with E-state index in [0.717, 1.165) is 10.7 Å². The molecule has 2 aromatic heterocycles. The highest BCUT2D eigenvalue weighted by Crippen LogP contribution is 2.37. The first-order valence-electron chi connectivity index (χ1n) is 5.57. The van der Waals surface area contributed by atoms with Crippen LogP contribution >= 0.6 is 50.5 Å². The first-order valence-corrected chi connectivity index (χ1v) is 8.00. The first kappa shape index (κ1) is 14.2. The van der Waals surface area contributed by atoms with Crippen LogP contribution in [0.4, 0.5) is 0 Å². The summed E-state index contributed by atoms with van der Waals surface area (Å²) in [4.78, 5) is 5.22. The summed E-state index contributed by atoms with van der Waals surface area (Å²) < 4.78 is 8.37. The predicted octanol–water partition coefficient (Wildman–Crippen LogP) is 4.72. The molecule has 0 saturated heterocycles. The minimum absolute atomic E-state index is 0.315. The third-order valence-corrected chi connectivity index (χ3v) is 4.95. The van der Waals surface area contributed by atoms with Crippen molar-refractivity contribution in [2.45, 2.75) is 6.54 Å². The third kappa shape index (κ3) is 2.42. The second-order valence-electron chi connectivity index (χ2n) is 3.92. The van der Waals surface area contributed by atoms with Gasteiger partial charge in [0.05, 0.1) is 10.0 Å². The number of thiazole rings is 1. The van der Waals surface area contributed by atoms with Gasteiger partial charge >= 0.3 is 0 Å². The molecule has 20 heavy (non-hydrogen) atoms. The molecule has 0 saturated carbocycles. The molecular weight excluding hydrogens is 385 g/mol. The van der Waals surface area contributed by atoms with Crippen LogP contribution in [0.25, 0.3) is 4.96 Å². The normalized spacial score (nSPS) is 11.2. The molecule has 0 unspecified atom stereocenters. The molecule has 0 spiro atoms. The molecule has 0 aliphatic rings. The lowest BCUT2D eigenvalue weighted by atomic mass is 10.3. The fourth-order valence-corrected chi connectivity index (χ4v) is 3.32. The van der Waals surface area contributed by atoms with Gasteiger partial charge in [-0.2, -0.15) is 4.98 Å². The minimum atomic E-state index is 0.315. The number of nitrogens with two attached hydrogens (primary N) is 1. The van der Waals surface area contributed by atoms with Gasteiger partial charge in [0.25, 0.3) is 0 Å². The largest absolute Gasteiger partial charge is 0.436 e. The molecule has 4 nitrogen and oxygen atoms in total. The zero-order chi connectivity index (χ0) is 14.3. The van der Waals surface area contributed by atoms with Gasteiger partial charge in [-0.3, -0.25) is 4.40 Å². The molecule has 0 amide bonds. The van der Waals surface area contributed by atoms with Gasteiger partial charge in [-0.25, -0.2) is 0 Å². The molecular formula is C12H8BrCl2N3OS. The zero-order valence-electron chi connectivity index (χ0n) is 9.94. The molecule has 2 N–H and O–H groups in total. The summed E-state index contributed by atoms with van der Waals surface area (Å²) in [6.07, 6.45) is 1.90. The molecule has 0 bridgehead atoms. The number of rotatable bonds is 3. The van der Waals surface area contributed by atoms with E-state index in [-0.39, 0.29) is 0 Å². The summed E-state index contributed by atoms with van der Waals surface area (Å²) in [5.74, 6) is 0.889. The Balaban J connectivity index is 2.05. The topological polar surface area (TPSA) is 52.5 Å². The van der Waals surface area contributed by atoms with E-state index in [2.05, 4.69) is 20.9 Å². The summed E-state index contributed by atoms with van der Waals surface area (Å²) in [5.41, 5.74) is 6.55. The van der Waals surface area contributed by atoms with Gasteiger partial charge in [0.1, 0.15) is 11.4 Å². The molecule has 3 rings (SSSR count). The Kier molecular flexibility index (Phi) is 3.92. The van der Waals surface area contributed by atoms with Crippen LogP contribution in [0.2, 0.25) is 10.0 Å². The van der Waals surface area contributed by atoms with Crippen LogP contribution in [0.1, 0.15) is 5.69 Å². The number of nitrogens with zero attached hydrogens (tertiary/aromatic N) is 2. The molecule has 8 heteroatoms. The molecule has 0 aliphatic heterocycles. The van der Waals surface area contributed by atoms with E-state index in [1.165, 1.54) is 11.3 Å². The van der Waals surface area contributed by atoms with Crippen LogP contribution in [0, 0.1) is 0 Å². The summed E-state index contributed by atoms with van der Waals surface area (Å²) in [6.45, 7) is 0.315. The van der Waals surface area contributed by atoms with Crippen molar-refractivity contribution in [3.05, 3.63) is 43.9 Å². The van der Waals surface area contributed by atoms with Crippen molar-refractivity contribution in [1.29, 1.82) is 0 Å². The maximum absolute atomic E-state index is 6.14. The van der Waals surface area contributed by atoms with Crippen LogP contribution in [-0.2, 0) is 6.54 Å². The second-order valence-corrected chi connectivity index (χ2v) is 6.46. The zero-order valence-corrected chi connectivity index (χ0v) is 13.9. The van der Waals surface area contributed by atoms with Crippen molar-refractivity contribution in [3.8, 4) is 11.6 Å². The highest BCUT2D eigenvalue weighted by molar-refractivity contribution is 9.10. The number of fused-ring (bicyclic) bond motifs is 1. The molecule has 104 valence electrons. The number of aromatic nitrogens is 2. The maximum Gasteiger partial charge on any atom is 0.243 e. The van der Waals surface area contributed by atoms with Crippen molar-refractivity contribution in [2.24, 2.45) is 5.73 Å². The van der Waals surface area contributed by atoms with E-state index in [1.54, 1.807) is 12.1 Å². The van der Waals surface area contributed by atoms with Crippen molar-refractivity contribution in [1.82, 2.24) is 9.38 Å². The molecule has 3 aromatic rings. The van der Waals surface area contributed by atoms with Crippen LogP contribution in [-0.4, -0.2) is 9.38 Å². The summed E-state index contributed by atoms with van der Waals surface area (Å²) in [6, 6.07) is 3.32. The lowest BCUT2D eigenvalue weighted by Gasteiger charge is -2.08. The van der Waals surface area contributed by atoms with Gasteiger partial charge in [0.2, 0.25) is 5.88 Å². The van der Waals surface area contributed by atoms with E-state index in [1.807, 2.05) is 16.0 Å². The van der Waals surface area contributed by atoms with Gasteiger partial charge in [0, 0.05) is 28.7 Å².